The molecule has 1 rings (SSSR count). The molecule has 1 unspecified atom stereocenters. The molecule has 1 aromatic rings. The molecule has 0 aliphatic heterocycles. The van der Waals surface area contributed by atoms with Crippen molar-refractivity contribution in [2.75, 3.05) is 40.0 Å². The van der Waals surface area contributed by atoms with Crippen LogP contribution < -0.4 is 4.74 Å². The van der Waals surface area contributed by atoms with Crippen LogP contribution in [-0.2, 0) is 4.74 Å². The number of benzene rings is 1. The Hall–Kier alpha value is -1.10. The lowest BCUT2D eigenvalue weighted by molar-refractivity contribution is 0.0808. The smallest absolute Gasteiger partial charge is 0.125 e. The second kappa shape index (κ2) is 9.77. The molecule has 21 heavy (non-hydrogen) atoms. The van der Waals surface area contributed by atoms with Gasteiger partial charge in [-0.25, -0.2) is 0 Å². The quantitative estimate of drug-likeness (QED) is 0.720. The molecule has 0 aromatic heterocycles. The minimum absolute atomic E-state index is 0.552. The molecule has 4 heteroatoms. The highest BCUT2D eigenvalue weighted by molar-refractivity contribution is 5.35. The van der Waals surface area contributed by atoms with Crippen LogP contribution in [0.15, 0.2) is 24.3 Å². The lowest BCUT2D eigenvalue weighted by Crippen LogP contribution is -2.34. The van der Waals surface area contributed by atoms with Crippen LogP contribution in [0, 0.1) is 5.92 Å². The second-order valence-electron chi connectivity index (χ2n) is 5.63. The molecule has 0 heterocycles. The van der Waals surface area contributed by atoms with E-state index in [1.807, 2.05) is 31.2 Å². The van der Waals surface area contributed by atoms with Gasteiger partial charge in [0.1, 0.15) is 5.75 Å². The minimum atomic E-state index is -0.552. The molecule has 1 N–H and O–H groups in total. The maximum atomic E-state index is 10.5. The third-order valence-corrected chi connectivity index (χ3v) is 3.24. The SMILES string of the molecule is CCOc1ccccc1C(O)CN(CCOC)CC(C)C. The van der Waals surface area contributed by atoms with Crippen molar-refractivity contribution in [3.63, 3.8) is 0 Å². The zero-order valence-corrected chi connectivity index (χ0v) is 13.7. The van der Waals surface area contributed by atoms with E-state index >= 15 is 0 Å². The van der Waals surface area contributed by atoms with Crippen LogP contribution in [0.2, 0.25) is 0 Å². The summed E-state index contributed by atoms with van der Waals surface area (Å²) in [6.07, 6.45) is -0.552. The fraction of sp³-hybridized carbons (Fsp3) is 0.647. The molecular formula is C17H29NO3. The average molecular weight is 295 g/mol. The molecule has 0 saturated heterocycles. The van der Waals surface area contributed by atoms with Gasteiger partial charge in [-0.3, -0.25) is 4.90 Å². The van der Waals surface area contributed by atoms with Crippen molar-refractivity contribution in [2.45, 2.75) is 26.9 Å². The van der Waals surface area contributed by atoms with Gasteiger partial charge in [-0.2, -0.15) is 0 Å². The first-order valence-corrected chi connectivity index (χ1v) is 7.69. The summed E-state index contributed by atoms with van der Waals surface area (Å²) in [5.41, 5.74) is 0.852. The Morgan fingerprint density at radius 1 is 1.19 bits per heavy atom. The van der Waals surface area contributed by atoms with Crippen LogP contribution in [0.1, 0.15) is 32.4 Å². The van der Waals surface area contributed by atoms with Crippen molar-refractivity contribution in [1.82, 2.24) is 4.90 Å². The number of ether oxygens (including phenoxy) is 2. The van der Waals surface area contributed by atoms with Gasteiger partial charge in [0.2, 0.25) is 0 Å². The first-order chi connectivity index (χ1) is 10.1. The predicted octanol–water partition coefficient (Wildman–Crippen LogP) is 2.72. The van der Waals surface area contributed by atoms with Gasteiger partial charge >= 0.3 is 0 Å². The normalized spacial score (nSPS) is 12.9. The molecule has 1 atom stereocenters. The molecule has 0 amide bonds. The van der Waals surface area contributed by atoms with Gasteiger partial charge in [-0.05, 0) is 18.9 Å². The molecule has 0 saturated carbocycles. The van der Waals surface area contributed by atoms with Crippen LogP contribution in [0.3, 0.4) is 0 Å². The first-order valence-electron chi connectivity index (χ1n) is 7.69. The van der Waals surface area contributed by atoms with E-state index in [2.05, 4.69) is 18.7 Å². The molecule has 0 fully saturated rings. The Morgan fingerprint density at radius 3 is 2.52 bits per heavy atom. The first kappa shape index (κ1) is 18.0. The van der Waals surface area contributed by atoms with Gasteiger partial charge in [0.15, 0.2) is 0 Å². The van der Waals surface area contributed by atoms with Crippen LogP contribution in [0.25, 0.3) is 0 Å². The number of methoxy groups -OCH3 is 1. The number of rotatable bonds is 10. The summed E-state index contributed by atoms with van der Waals surface area (Å²) in [6.45, 7) is 9.94. The lowest BCUT2D eigenvalue weighted by Gasteiger charge is -2.27. The fourth-order valence-electron chi connectivity index (χ4n) is 2.38. The van der Waals surface area contributed by atoms with Gasteiger partial charge in [0.25, 0.3) is 0 Å². The van der Waals surface area contributed by atoms with Crippen molar-refractivity contribution in [3.05, 3.63) is 29.8 Å². The summed E-state index contributed by atoms with van der Waals surface area (Å²) in [5.74, 6) is 1.32. The van der Waals surface area contributed by atoms with Crippen molar-refractivity contribution in [1.29, 1.82) is 0 Å². The summed E-state index contributed by atoms with van der Waals surface area (Å²) < 4.78 is 10.8. The molecule has 0 aliphatic rings. The van der Waals surface area contributed by atoms with Gasteiger partial charge in [-0.15, -0.1) is 0 Å². The van der Waals surface area contributed by atoms with Crippen LogP contribution in [-0.4, -0.2) is 50.0 Å². The number of aliphatic hydroxyl groups excluding tert-OH is 1. The molecule has 0 aliphatic carbocycles. The minimum Gasteiger partial charge on any atom is -0.493 e. The summed E-state index contributed by atoms with van der Waals surface area (Å²) >= 11 is 0. The monoisotopic (exact) mass is 295 g/mol. The van der Waals surface area contributed by atoms with E-state index in [4.69, 9.17) is 9.47 Å². The van der Waals surface area contributed by atoms with Gasteiger partial charge in [0, 0.05) is 32.3 Å². The fourth-order valence-corrected chi connectivity index (χ4v) is 2.38. The Bertz CT molecular complexity index is 395. The van der Waals surface area contributed by atoms with E-state index in [0.717, 1.165) is 24.4 Å². The maximum absolute atomic E-state index is 10.5. The van der Waals surface area contributed by atoms with Gasteiger partial charge < -0.3 is 14.6 Å². The zero-order chi connectivity index (χ0) is 15.7. The molecule has 0 spiro atoms. The number of hydrogen-bond donors (Lipinski definition) is 1. The summed E-state index contributed by atoms with van der Waals surface area (Å²) in [7, 11) is 1.70. The third kappa shape index (κ3) is 6.46. The van der Waals surface area contributed by atoms with Crippen molar-refractivity contribution < 1.29 is 14.6 Å². The van der Waals surface area contributed by atoms with E-state index in [-0.39, 0.29) is 0 Å². The third-order valence-electron chi connectivity index (χ3n) is 3.24. The molecule has 0 radical (unpaired) electrons. The van der Waals surface area contributed by atoms with Crippen molar-refractivity contribution in [2.24, 2.45) is 5.92 Å². The Labute approximate surface area is 128 Å². The van der Waals surface area contributed by atoms with E-state index in [0.29, 0.717) is 25.7 Å². The summed E-state index contributed by atoms with van der Waals surface area (Å²) in [4.78, 5) is 2.24. The standard InChI is InChI=1S/C17H29NO3/c1-5-21-17-9-7-6-8-15(17)16(19)13-18(10-11-20-4)12-14(2)3/h6-9,14,16,19H,5,10-13H2,1-4H3. The summed E-state index contributed by atoms with van der Waals surface area (Å²) in [5, 5.41) is 10.5. The molecular weight excluding hydrogens is 266 g/mol. The Kier molecular flexibility index (Phi) is 8.35. The Morgan fingerprint density at radius 2 is 1.90 bits per heavy atom. The Balaban J connectivity index is 2.73. The number of nitrogens with zero attached hydrogens (tertiary/aromatic N) is 1. The number of para-hydroxylation sites is 1. The van der Waals surface area contributed by atoms with Gasteiger partial charge in [0.05, 0.1) is 19.3 Å². The highest BCUT2D eigenvalue weighted by atomic mass is 16.5. The number of aliphatic hydroxyl groups is 1. The van der Waals surface area contributed by atoms with Crippen molar-refractivity contribution in [3.8, 4) is 5.75 Å². The average Bonchev–Trinajstić information content (AvgIpc) is 2.45. The summed E-state index contributed by atoms with van der Waals surface area (Å²) in [6, 6.07) is 7.70. The zero-order valence-electron chi connectivity index (χ0n) is 13.7. The largest absolute Gasteiger partial charge is 0.493 e. The highest BCUT2D eigenvalue weighted by Crippen LogP contribution is 2.25. The van der Waals surface area contributed by atoms with Gasteiger partial charge in [-0.1, -0.05) is 32.0 Å². The van der Waals surface area contributed by atoms with E-state index in [9.17, 15) is 5.11 Å². The molecule has 120 valence electrons. The highest BCUT2D eigenvalue weighted by Gasteiger charge is 2.17. The van der Waals surface area contributed by atoms with E-state index in [1.165, 1.54) is 0 Å². The van der Waals surface area contributed by atoms with Crippen LogP contribution in [0.4, 0.5) is 0 Å². The predicted molar refractivity (Wildman–Crippen MR) is 85.7 cm³/mol. The van der Waals surface area contributed by atoms with E-state index < -0.39 is 6.10 Å². The van der Waals surface area contributed by atoms with Crippen molar-refractivity contribution >= 4 is 0 Å². The molecule has 0 bridgehead atoms. The maximum Gasteiger partial charge on any atom is 0.125 e. The number of hydrogen-bond acceptors (Lipinski definition) is 4. The molecule has 4 nitrogen and oxygen atoms in total. The van der Waals surface area contributed by atoms with E-state index in [1.54, 1.807) is 7.11 Å². The van der Waals surface area contributed by atoms with Crippen LogP contribution >= 0.6 is 0 Å². The lowest BCUT2D eigenvalue weighted by atomic mass is 10.1. The van der Waals surface area contributed by atoms with Crippen LogP contribution in [0.5, 0.6) is 5.75 Å². The second-order valence-corrected chi connectivity index (χ2v) is 5.63. The topological polar surface area (TPSA) is 41.9 Å². The molecule has 1 aromatic carbocycles.